The first-order valence-electron chi connectivity index (χ1n) is 8.89. The Labute approximate surface area is 181 Å². The van der Waals surface area contributed by atoms with Gasteiger partial charge in [-0.15, -0.1) is 11.3 Å². The number of esters is 1. The summed E-state index contributed by atoms with van der Waals surface area (Å²) in [6, 6.07) is 11.5. The molecule has 0 saturated heterocycles. The number of halogens is 1. The van der Waals surface area contributed by atoms with E-state index in [1.807, 2.05) is 0 Å². The largest absolute Gasteiger partial charge is 0.467 e. The van der Waals surface area contributed by atoms with E-state index in [4.69, 9.17) is 16.3 Å². The van der Waals surface area contributed by atoms with Crippen molar-refractivity contribution < 1.29 is 22.7 Å². The summed E-state index contributed by atoms with van der Waals surface area (Å²) in [6.45, 7) is 1.44. The van der Waals surface area contributed by atoms with Crippen LogP contribution in [0.1, 0.15) is 12.6 Å². The second kappa shape index (κ2) is 7.99. The lowest BCUT2D eigenvalue weighted by Crippen LogP contribution is -2.23. The zero-order valence-corrected chi connectivity index (χ0v) is 18.4. The molecule has 2 heterocycles. The molecule has 0 saturated carbocycles. The van der Waals surface area contributed by atoms with E-state index in [2.05, 4.69) is 9.72 Å². The van der Waals surface area contributed by atoms with E-state index in [9.17, 15) is 13.2 Å². The maximum absolute atomic E-state index is 13.6. The van der Waals surface area contributed by atoms with Crippen molar-refractivity contribution >= 4 is 60.0 Å². The van der Waals surface area contributed by atoms with Crippen LogP contribution in [0, 0.1) is 0 Å². The Morgan fingerprint density at radius 1 is 1.23 bits per heavy atom. The minimum absolute atomic E-state index is 0.107. The molecule has 0 fully saturated rings. The second-order valence-electron chi connectivity index (χ2n) is 6.57. The minimum Gasteiger partial charge on any atom is -0.467 e. The molecule has 0 amide bonds. The van der Waals surface area contributed by atoms with Crippen molar-refractivity contribution in [2.75, 3.05) is 7.11 Å². The van der Waals surface area contributed by atoms with E-state index in [-0.39, 0.29) is 11.5 Å². The van der Waals surface area contributed by atoms with Gasteiger partial charge < -0.3 is 9.47 Å². The van der Waals surface area contributed by atoms with Gasteiger partial charge in [-0.25, -0.2) is 22.2 Å². The molecular weight excluding hydrogens is 448 g/mol. The summed E-state index contributed by atoms with van der Waals surface area (Å²) in [4.78, 5) is 16.0. The molecule has 0 bridgehead atoms. The monoisotopic (exact) mass is 464 g/mol. The molecule has 2 aromatic carbocycles. The number of fused-ring (bicyclic) bond motifs is 2. The van der Waals surface area contributed by atoms with Crippen LogP contribution in [0.2, 0.25) is 5.02 Å². The van der Waals surface area contributed by atoms with Crippen LogP contribution in [0.3, 0.4) is 0 Å². The van der Waals surface area contributed by atoms with Gasteiger partial charge in [-0.2, -0.15) is 0 Å². The van der Waals surface area contributed by atoms with E-state index in [0.29, 0.717) is 21.6 Å². The van der Waals surface area contributed by atoms with Crippen molar-refractivity contribution in [2.45, 2.75) is 24.5 Å². The van der Waals surface area contributed by atoms with E-state index in [0.717, 1.165) is 10.2 Å². The first-order valence-corrected chi connectivity index (χ1v) is 11.6. The highest BCUT2D eigenvalue weighted by atomic mass is 35.5. The molecular formula is C20H17ClN2O5S2. The van der Waals surface area contributed by atoms with Gasteiger partial charge in [0.25, 0.3) is 10.0 Å². The molecule has 4 aromatic rings. The van der Waals surface area contributed by atoms with Crippen molar-refractivity contribution in [2.24, 2.45) is 0 Å². The van der Waals surface area contributed by atoms with Crippen LogP contribution in [0.4, 0.5) is 0 Å². The molecule has 156 valence electrons. The summed E-state index contributed by atoms with van der Waals surface area (Å²) in [5, 5.41) is 1.13. The standard InChI is InChI=1S/C20H17ClN2O5S2/c1-12(20(24)27-2)28-10-15-8-13-7-14(21)3-6-18(13)23(15)30(25,26)16-4-5-17-19(9-16)29-11-22-17/h3-9,11-12H,10H2,1-2H3/t12-/m1/s1. The van der Waals surface area contributed by atoms with Gasteiger partial charge in [0.15, 0.2) is 6.10 Å². The predicted octanol–water partition coefficient (Wildman–Crippen LogP) is 4.22. The van der Waals surface area contributed by atoms with Crippen molar-refractivity contribution in [3.8, 4) is 0 Å². The van der Waals surface area contributed by atoms with Gasteiger partial charge in [0.1, 0.15) is 0 Å². The van der Waals surface area contributed by atoms with Crippen LogP contribution < -0.4 is 0 Å². The van der Waals surface area contributed by atoms with Gasteiger partial charge in [-0.1, -0.05) is 11.6 Å². The number of carbonyl (C=O) groups is 1. The molecule has 0 aliphatic carbocycles. The molecule has 0 aliphatic heterocycles. The lowest BCUT2D eigenvalue weighted by atomic mass is 10.2. The number of ether oxygens (including phenoxy) is 2. The van der Waals surface area contributed by atoms with Crippen molar-refractivity contribution in [3.63, 3.8) is 0 Å². The van der Waals surface area contributed by atoms with E-state index in [1.54, 1.807) is 48.8 Å². The summed E-state index contributed by atoms with van der Waals surface area (Å²) in [6.07, 6.45) is -0.846. The molecule has 0 spiro atoms. The lowest BCUT2D eigenvalue weighted by Gasteiger charge is -2.14. The molecule has 4 rings (SSSR count). The van der Waals surface area contributed by atoms with Gasteiger partial charge in [-0.05, 0) is 49.4 Å². The molecule has 0 radical (unpaired) electrons. The van der Waals surface area contributed by atoms with Crippen molar-refractivity contribution in [3.05, 3.63) is 58.7 Å². The molecule has 7 nitrogen and oxygen atoms in total. The van der Waals surface area contributed by atoms with Crippen LogP contribution >= 0.6 is 22.9 Å². The third kappa shape index (κ3) is 3.69. The highest BCUT2D eigenvalue weighted by Crippen LogP contribution is 2.30. The number of carbonyl (C=O) groups excluding carboxylic acids is 1. The molecule has 1 atom stereocenters. The molecule has 30 heavy (non-hydrogen) atoms. The van der Waals surface area contributed by atoms with Gasteiger partial charge in [-0.3, -0.25) is 0 Å². The van der Waals surface area contributed by atoms with Crippen molar-refractivity contribution in [1.29, 1.82) is 0 Å². The fourth-order valence-corrected chi connectivity index (χ4v) is 5.68. The van der Waals surface area contributed by atoms with E-state index in [1.165, 1.54) is 28.5 Å². The Balaban J connectivity index is 1.83. The number of rotatable bonds is 6. The Hall–Kier alpha value is -2.46. The Bertz CT molecular complexity index is 1360. The lowest BCUT2D eigenvalue weighted by molar-refractivity contribution is -0.153. The number of methoxy groups -OCH3 is 1. The maximum Gasteiger partial charge on any atom is 0.334 e. The summed E-state index contributed by atoms with van der Waals surface area (Å²) in [5.74, 6) is -0.542. The molecule has 0 unspecified atom stereocenters. The quantitative estimate of drug-likeness (QED) is 0.397. The normalized spacial score (nSPS) is 13.0. The van der Waals surface area contributed by atoms with Crippen LogP contribution in [0.5, 0.6) is 0 Å². The summed E-state index contributed by atoms with van der Waals surface area (Å²) >= 11 is 7.46. The summed E-state index contributed by atoms with van der Waals surface area (Å²) in [5.41, 5.74) is 3.24. The van der Waals surface area contributed by atoms with Crippen LogP contribution in [0.25, 0.3) is 21.1 Å². The van der Waals surface area contributed by atoms with Gasteiger partial charge in [0.2, 0.25) is 0 Å². The SMILES string of the molecule is COC(=O)[C@@H](C)OCc1cc2cc(Cl)ccc2n1S(=O)(=O)c1ccc2ncsc2c1. The number of aromatic nitrogens is 2. The molecule has 0 aliphatic rings. The highest BCUT2D eigenvalue weighted by molar-refractivity contribution is 7.90. The number of benzene rings is 2. The number of nitrogens with zero attached hydrogens (tertiary/aromatic N) is 2. The van der Waals surface area contributed by atoms with Crippen molar-refractivity contribution in [1.82, 2.24) is 8.96 Å². The molecule has 10 heteroatoms. The highest BCUT2D eigenvalue weighted by Gasteiger charge is 2.25. The Kier molecular flexibility index (Phi) is 5.54. The maximum atomic E-state index is 13.6. The van der Waals surface area contributed by atoms with Gasteiger partial charge in [0, 0.05) is 10.4 Å². The third-order valence-corrected chi connectivity index (χ3v) is 7.44. The van der Waals surface area contributed by atoms with Crippen LogP contribution in [0.15, 0.2) is 52.9 Å². The average molecular weight is 465 g/mol. The summed E-state index contributed by atoms with van der Waals surface area (Å²) in [7, 11) is -2.69. The number of thiazole rings is 1. The van der Waals surface area contributed by atoms with E-state index >= 15 is 0 Å². The topological polar surface area (TPSA) is 87.5 Å². The first kappa shape index (κ1) is 20.8. The minimum atomic E-state index is -3.95. The Morgan fingerprint density at radius 2 is 2.03 bits per heavy atom. The van der Waals surface area contributed by atoms with Crippen LogP contribution in [-0.2, 0) is 30.9 Å². The van der Waals surface area contributed by atoms with Crippen LogP contribution in [-0.4, -0.2) is 36.6 Å². The number of hydrogen-bond donors (Lipinski definition) is 0. The average Bonchev–Trinajstić information content (AvgIpc) is 3.34. The second-order valence-corrected chi connectivity index (χ2v) is 9.68. The number of hydrogen-bond acceptors (Lipinski definition) is 7. The molecule has 2 aromatic heterocycles. The zero-order chi connectivity index (χ0) is 21.5. The van der Waals surface area contributed by atoms with E-state index < -0.39 is 22.1 Å². The third-order valence-electron chi connectivity index (χ3n) is 4.65. The Morgan fingerprint density at radius 3 is 2.80 bits per heavy atom. The smallest absolute Gasteiger partial charge is 0.334 e. The van der Waals surface area contributed by atoms with Gasteiger partial charge in [0.05, 0.1) is 45.5 Å². The fourth-order valence-electron chi connectivity index (χ4n) is 3.15. The predicted molar refractivity (Wildman–Crippen MR) is 115 cm³/mol. The fraction of sp³-hybridized carbons (Fsp3) is 0.200. The zero-order valence-electron chi connectivity index (χ0n) is 16.0. The summed E-state index contributed by atoms with van der Waals surface area (Å²) < 4.78 is 39.4. The first-order chi connectivity index (χ1) is 14.3. The van der Waals surface area contributed by atoms with Gasteiger partial charge >= 0.3 is 5.97 Å². The molecule has 0 N–H and O–H groups in total.